The fourth-order valence-corrected chi connectivity index (χ4v) is 1.68. The zero-order valence-corrected chi connectivity index (χ0v) is 10.3. The fraction of sp³-hybridized carbons (Fsp3) is 0.909. The smallest absolute Gasteiger partial charge is 0.410 e. The predicted octanol–water partition coefficient (Wildman–Crippen LogP) is 0.563. The first kappa shape index (κ1) is 13.3. The second-order valence-corrected chi connectivity index (χ2v) is 5.38. The minimum atomic E-state index is -0.453. The highest BCUT2D eigenvalue weighted by molar-refractivity contribution is 5.69. The molecule has 1 unspecified atom stereocenters. The molecular weight excluding hydrogens is 208 g/mol. The lowest BCUT2D eigenvalue weighted by Crippen LogP contribution is -2.52. The van der Waals surface area contributed by atoms with E-state index in [2.05, 4.69) is 0 Å². The van der Waals surface area contributed by atoms with E-state index in [4.69, 9.17) is 10.5 Å². The highest BCUT2D eigenvalue weighted by atomic mass is 16.6. The van der Waals surface area contributed by atoms with Gasteiger partial charge in [0.1, 0.15) is 5.60 Å². The quantitative estimate of drug-likeness (QED) is 0.743. The van der Waals surface area contributed by atoms with Crippen molar-refractivity contribution in [1.29, 1.82) is 0 Å². The number of ether oxygens (including phenoxy) is 1. The van der Waals surface area contributed by atoms with E-state index in [0.29, 0.717) is 25.4 Å². The van der Waals surface area contributed by atoms with Crippen molar-refractivity contribution in [3.63, 3.8) is 0 Å². The SMILES string of the molecule is CC(C)(C)OC(=O)N1CC(CC(O)CN)C1. The molecule has 1 heterocycles. The molecular formula is C11H22N2O3. The molecule has 1 amide bonds. The average Bonchev–Trinajstić information content (AvgIpc) is 2.06. The third-order valence-electron chi connectivity index (χ3n) is 2.49. The van der Waals surface area contributed by atoms with Crippen molar-refractivity contribution < 1.29 is 14.6 Å². The molecule has 0 aromatic carbocycles. The Morgan fingerprint density at radius 1 is 1.56 bits per heavy atom. The van der Waals surface area contributed by atoms with Gasteiger partial charge >= 0.3 is 6.09 Å². The molecule has 0 radical (unpaired) electrons. The Hall–Kier alpha value is -0.810. The van der Waals surface area contributed by atoms with Crippen LogP contribution in [0.3, 0.4) is 0 Å². The number of hydrogen-bond donors (Lipinski definition) is 2. The van der Waals surface area contributed by atoms with E-state index in [-0.39, 0.29) is 12.6 Å². The number of carbonyl (C=O) groups is 1. The van der Waals surface area contributed by atoms with Crippen LogP contribution in [0.4, 0.5) is 4.79 Å². The van der Waals surface area contributed by atoms with Gasteiger partial charge in [-0.2, -0.15) is 0 Å². The van der Waals surface area contributed by atoms with Gasteiger partial charge in [0.05, 0.1) is 6.10 Å². The van der Waals surface area contributed by atoms with Crippen LogP contribution in [0.15, 0.2) is 0 Å². The summed E-state index contributed by atoms with van der Waals surface area (Å²) in [4.78, 5) is 13.2. The summed E-state index contributed by atoms with van der Waals surface area (Å²) in [5.74, 6) is 0.353. The Morgan fingerprint density at radius 3 is 2.56 bits per heavy atom. The van der Waals surface area contributed by atoms with E-state index in [0.717, 1.165) is 0 Å². The predicted molar refractivity (Wildman–Crippen MR) is 61.0 cm³/mol. The summed E-state index contributed by atoms with van der Waals surface area (Å²) in [7, 11) is 0. The van der Waals surface area contributed by atoms with Gasteiger partial charge in [0.2, 0.25) is 0 Å². The van der Waals surface area contributed by atoms with E-state index >= 15 is 0 Å². The average molecular weight is 230 g/mol. The van der Waals surface area contributed by atoms with Crippen LogP contribution < -0.4 is 5.73 Å². The molecule has 1 aliphatic heterocycles. The van der Waals surface area contributed by atoms with Crippen molar-refractivity contribution in [2.45, 2.75) is 38.9 Å². The van der Waals surface area contributed by atoms with Crippen LogP contribution in [-0.2, 0) is 4.74 Å². The molecule has 5 heteroatoms. The molecule has 94 valence electrons. The van der Waals surface area contributed by atoms with Gasteiger partial charge in [-0.25, -0.2) is 4.79 Å². The maximum Gasteiger partial charge on any atom is 0.410 e. The normalized spacial score (nSPS) is 19.2. The van der Waals surface area contributed by atoms with Crippen molar-refractivity contribution in [3.8, 4) is 0 Å². The summed E-state index contributed by atoms with van der Waals surface area (Å²) in [6.45, 7) is 7.14. The summed E-state index contributed by atoms with van der Waals surface area (Å²) in [5, 5.41) is 9.34. The van der Waals surface area contributed by atoms with Crippen molar-refractivity contribution in [3.05, 3.63) is 0 Å². The molecule has 0 saturated carbocycles. The summed E-state index contributed by atoms with van der Waals surface area (Å²) in [5.41, 5.74) is 4.88. The number of nitrogens with zero attached hydrogens (tertiary/aromatic N) is 1. The Balaban J connectivity index is 2.23. The standard InChI is InChI=1S/C11H22N2O3/c1-11(2,3)16-10(15)13-6-8(7-13)4-9(14)5-12/h8-9,14H,4-7,12H2,1-3H3. The highest BCUT2D eigenvalue weighted by Gasteiger charge is 2.34. The van der Waals surface area contributed by atoms with Crippen LogP contribution in [0, 0.1) is 5.92 Å². The first-order valence-electron chi connectivity index (χ1n) is 5.68. The highest BCUT2D eigenvalue weighted by Crippen LogP contribution is 2.22. The summed E-state index contributed by atoms with van der Waals surface area (Å²) < 4.78 is 5.22. The van der Waals surface area contributed by atoms with Crippen LogP contribution in [0.2, 0.25) is 0 Å². The molecule has 3 N–H and O–H groups in total. The third-order valence-corrected chi connectivity index (χ3v) is 2.49. The molecule has 0 aliphatic carbocycles. The Morgan fingerprint density at radius 2 is 2.12 bits per heavy atom. The number of nitrogens with two attached hydrogens (primary N) is 1. The first-order valence-corrected chi connectivity index (χ1v) is 5.68. The molecule has 1 atom stereocenters. The van der Waals surface area contributed by atoms with E-state index in [1.54, 1.807) is 4.90 Å². The van der Waals surface area contributed by atoms with Gasteiger partial charge in [-0.3, -0.25) is 0 Å². The van der Waals surface area contributed by atoms with Gasteiger partial charge in [-0.15, -0.1) is 0 Å². The molecule has 1 fully saturated rings. The Bertz CT molecular complexity index is 244. The largest absolute Gasteiger partial charge is 0.444 e. The van der Waals surface area contributed by atoms with E-state index in [1.807, 2.05) is 20.8 Å². The van der Waals surface area contributed by atoms with E-state index < -0.39 is 11.7 Å². The lowest BCUT2D eigenvalue weighted by molar-refractivity contribution is -0.00897. The van der Waals surface area contributed by atoms with Gasteiger partial charge in [0, 0.05) is 19.6 Å². The monoisotopic (exact) mass is 230 g/mol. The number of carbonyl (C=O) groups excluding carboxylic acids is 1. The van der Waals surface area contributed by atoms with E-state index in [1.165, 1.54) is 0 Å². The van der Waals surface area contributed by atoms with Gasteiger partial charge in [0.15, 0.2) is 0 Å². The maximum absolute atomic E-state index is 11.6. The second-order valence-electron chi connectivity index (χ2n) is 5.38. The number of hydrogen-bond acceptors (Lipinski definition) is 4. The summed E-state index contributed by atoms with van der Waals surface area (Å²) in [6, 6.07) is 0. The van der Waals surface area contributed by atoms with Crippen LogP contribution in [-0.4, -0.2) is 47.4 Å². The number of aliphatic hydroxyl groups is 1. The van der Waals surface area contributed by atoms with Gasteiger partial charge in [-0.1, -0.05) is 0 Å². The molecule has 1 saturated heterocycles. The van der Waals surface area contributed by atoms with Crippen molar-refractivity contribution in [2.75, 3.05) is 19.6 Å². The lowest BCUT2D eigenvalue weighted by atomic mass is 9.94. The maximum atomic E-state index is 11.6. The molecule has 1 rings (SSSR count). The Kier molecular flexibility index (Phi) is 4.15. The Labute approximate surface area is 96.6 Å². The summed E-state index contributed by atoms with van der Waals surface area (Å²) >= 11 is 0. The van der Waals surface area contributed by atoms with Crippen molar-refractivity contribution >= 4 is 6.09 Å². The zero-order chi connectivity index (χ0) is 12.3. The van der Waals surface area contributed by atoms with Crippen LogP contribution in [0.5, 0.6) is 0 Å². The molecule has 0 bridgehead atoms. The molecule has 5 nitrogen and oxygen atoms in total. The van der Waals surface area contributed by atoms with Crippen LogP contribution >= 0.6 is 0 Å². The van der Waals surface area contributed by atoms with E-state index in [9.17, 15) is 9.90 Å². The fourth-order valence-electron chi connectivity index (χ4n) is 1.68. The van der Waals surface area contributed by atoms with Gasteiger partial charge in [0.25, 0.3) is 0 Å². The molecule has 0 aromatic rings. The first-order chi connectivity index (χ1) is 7.31. The minimum absolute atomic E-state index is 0.272. The zero-order valence-electron chi connectivity index (χ0n) is 10.3. The number of amides is 1. The van der Waals surface area contributed by atoms with Crippen LogP contribution in [0.1, 0.15) is 27.2 Å². The molecule has 16 heavy (non-hydrogen) atoms. The van der Waals surface area contributed by atoms with Crippen molar-refractivity contribution in [2.24, 2.45) is 11.7 Å². The van der Waals surface area contributed by atoms with Crippen LogP contribution in [0.25, 0.3) is 0 Å². The van der Waals surface area contributed by atoms with Crippen molar-refractivity contribution in [1.82, 2.24) is 4.90 Å². The molecule has 0 spiro atoms. The number of aliphatic hydroxyl groups excluding tert-OH is 1. The lowest BCUT2D eigenvalue weighted by Gasteiger charge is -2.40. The minimum Gasteiger partial charge on any atom is -0.444 e. The van der Waals surface area contributed by atoms with Gasteiger partial charge < -0.3 is 20.5 Å². The molecule has 1 aliphatic rings. The number of rotatable bonds is 3. The molecule has 0 aromatic heterocycles. The third kappa shape index (κ3) is 3.98. The summed E-state index contributed by atoms with van der Waals surface area (Å²) in [6.07, 6.45) is -0.0627. The topological polar surface area (TPSA) is 75.8 Å². The second kappa shape index (κ2) is 5.01. The van der Waals surface area contributed by atoms with Gasteiger partial charge in [-0.05, 0) is 33.1 Å². The number of likely N-dealkylation sites (tertiary alicyclic amines) is 1.